The number of carbonyl (C=O) groups excluding carboxylic acids is 1. The fourth-order valence-corrected chi connectivity index (χ4v) is 3.46. The van der Waals surface area contributed by atoms with Crippen LogP contribution in [0.15, 0.2) is 12.2 Å². The predicted octanol–water partition coefficient (Wildman–Crippen LogP) is 4.83. The Kier molecular flexibility index (Phi) is 5.84. The molecule has 0 amide bonds. The fourth-order valence-electron chi connectivity index (χ4n) is 2.41. The van der Waals surface area contributed by atoms with E-state index in [0.717, 1.165) is 32.1 Å². The molecule has 0 aromatic rings. The summed E-state index contributed by atoms with van der Waals surface area (Å²) >= 11 is 0. The molecule has 0 atom stereocenters. The smallest absolute Gasteiger partial charge is 0.333 e. The van der Waals surface area contributed by atoms with Gasteiger partial charge < -0.3 is 9.16 Å². The van der Waals surface area contributed by atoms with Crippen molar-refractivity contribution in [3.63, 3.8) is 0 Å². The summed E-state index contributed by atoms with van der Waals surface area (Å²) < 4.78 is 12.0. The highest BCUT2D eigenvalue weighted by Crippen LogP contribution is 2.39. The third-order valence-electron chi connectivity index (χ3n) is 5.00. The van der Waals surface area contributed by atoms with E-state index >= 15 is 0 Å². The van der Waals surface area contributed by atoms with Gasteiger partial charge in [-0.25, -0.2) is 4.79 Å². The normalized spacial score (nSPS) is 18.6. The number of ether oxygens (including phenoxy) is 1. The van der Waals surface area contributed by atoms with E-state index in [1.165, 1.54) is 0 Å². The summed E-state index contributed by atoms with van der Waals surface area (Å²) in [5.41, 5.74) is 0.157. The first-order valence-corrected chi connectivity index (χ1v) is 10.9. The van der Waals surface area contributed by atoms with Crippen LogP contribution >= 0.6 is 0 Å². The second-order valence-corrected chi connectivity index (χ2v) is 12.7. The van der Waals surface area contributed by atoms with Gasteiger partial charge in [0.1, 0.15) is 5.60 Å². The summed E-state index contributed by atoms with van der Waals surface area (Å²) in [5.74, 6) is -0.260. The number of esters is 1. The van der Waals surface area contributed by atoms with Crippen LogP contribution in [0.25, 0.3) is 0 Å². The van der Waals surface area contributed by atoms with E-state index in [0.29, 0.717) is 12.2 Å². The Bertz CT molecular complexity index is 387. The first-order chi connectivity index (χ1) is 9.49. The molecule has 0 heterocycles. The fraction of sp³-hybridized carbons (Fsp3) is 0.824. The Morgan fingerprint density at radius 3 is 2.19 bits per heavy atom. The zero-order chi connectivity index (χ0) is 16.3. The van der Waals surface area contributed by atoms with Crippen LogP contribution in [0.2, 0.25) is 18.1 Å². The minimum atomic E-state index is -1.73. The lowest BCUT2D eigenvalue weighted by Gasteiger charge is -2.37. The Morgan fingerprint density at radius 2 is 1.76 bits per heavy atom. The zero-order valence-electron chi connectivity index (χ0n) is 14.7. The average molecular weight is 313 g/mol. The van der Waals surface area contributed by atoms with Crippen molar-refractivity contribution in [1.29, 1.82) is 0 Å². The Labute approximate surface area is 131 Å². The number of carbonyl (C=O) groups is 1. The van der Waals surface area contributed by atoms with E-state index in [1.54, 1.807) is 6.92 Å². The van der Waals surface area contributed by atoms with Crippen LogP contribution in [0.3, 0.4) is 0 Å². The lowest BCUT2D eigenvalue weighted by Crippen LogP contribution is -2.42. The molecule has 0 aliphatic heterocycles. The molecule has 4 heteroatoms. The molecule has 1 rings (SSSR count). The minimum Gasteiger partial charge on any atom is -0.456 e. The van der Waals surface area contributed by atoms with Crippen molar-refractivity contribution in [3.8, 4) is 0 Å². The van der Waals surface area contributed by atoms with Crippen LogP contribution in [0, 0.1) is 0 Å². The van der Waals surface area contributed by atoms with Gasteiger partial charge in [-0.15, -0.1) is 0 Å². The van der Waals surface area contributed by atoms with Crippen molar-refractivity contribution in [1.82, 2.24) is 0 Å². The molecule has 0 unspecified atom stereocenters. The van der Waals surface area contributed by atoms with Gasteiger partial charge in [0.2, 0.25) is 0 Å². The molecule has 1 aliphatic carbocycles. The second kappa shape index (κ2) is 6.65. The molecule has 0 aromatic carbocycles. The van der Waals surface area contributed by atoms with Gasteiger partial charge in [-0.05, 0) is 50.7 Å². The summed E-state index contributed by atoms with van der Waals surface area (Å²) in [6.07, 6.45) is 4.96. The van der Waals surface area contributed by atoms with Crippen molar-refractivity contribution < 1.29 is 14.0 Å². The molecule has 3 nitrogen and oxygen atoms in total. The van der Waals surface area contributed by atoms with E-state index < -0.39 is 8.32 Å². The molecule has 0 aromatic heterocycles. The molecule has 0 spiro atoms. The predicted molar refractivity (Wildman–Crippen MR) is 89.9 cm³/mol. The van der Waals surface area contributed by atoms with Gasteiger partial charge in [0.05, 0.1) is 0 Å². The molecule has 0 radical (unpaired) electrons. The summed E-state index contributed by atoms with van der Waals surface area (Å²) in [6.45, 7) is 17.3. The third-order valence-corrected chi connectivity index (χ3v) is 9.54. The van der Waals surface area contributed by atoms with Gasteiger partial charge in [-0.1, -0.05) is 27.4 Å². The summed E-state index contributed by atoms with van der Waals surface area (Å²) in [5, 5.41) is 0.213. The van der Waals surface area contributed by atoms with Crippen molar-refractivity contribution in [2.45, 2.75) is 83.5 Å². The summed E-state index contributed by atoms with van der Waals surface area (Å²) in [4.78, 5) is 11.9. The number of rotatable bonds is 6. The van der Waals surface area contributed by atoms with Gasteiger partial charge in [-0.2, -0.15) is 0 Å². The molecular weight excluding hydrogens is 280 g/mol. The van der Waals surface area contributed by atoms with Crippen molar-refractivity contribution in [2.75, 3.05) is 6.61 Å². The van der Waals surface area contributed by atoms with Gasteiger partial charge in [0, 0.05) is 18.6 Å². The minimum absolute atomic E-state index is 0.213. The highest BCUT2D eigenvalue weighted by atomic mass is 28.4. The number of hydrogen-bond donors (Lipinski definition) is 0. The van der Waals surface area contributed by atoms with Crippen LogP contribution in [-0.2, 0) is 14.0 Å². The first kappa shape index (κ1) is 18.4. The quantitative estimate of drug-likeness (QED) is 0.400. The van der Waals surface area contributed by atoms with Crippen LogP contribution in [0.5, 0.6) is 0 Å². The van der Waals surface area contributed by atoms with E-state index in [-0.39, 0.29) is 16.6 Å². The standard InChI is InChI=1S/C17H32O3Si/c1-14(2)15(18)20-17(10-8-9-11-17)12-13-19-21(6,7)16(3,4)5/h1,8-13H2,2-7H3. The monoisotopic (exact) mass is 312 g/mol. The lowest BCUT2D eigenvalue weighted by atomic mass is 9.98. The van der Waals surface area contributed by atoms with Crippen molar-refractivity contribution in [2.24, 2.45) is 0 Å². The van der Waals surface area contributed by atoms with E-state index in [1.807, 2.05) is 0 Å². The molecule has 0 saturated heterocycles. The first-order valence-electron chi connectivity index (χ1n) is 8.02. The topological polar surface area (TPSA) is 35.5 Å². The van der Waals surface area contributed by atoms with Gasteiger partial charge in [0.15, 0.2) is 8.32 Å². The molecule has 1 fully saturated rings. The summed E-state index contributed by atoms with van der Waals surface area (Å²) in [7, 11) is -1.73. The van der Waals surface area contributed by atoms with Crippen LogP contribution in [0.1, 0.15) is 59.8 Å². The Morgan fingerprint density at radius 1 is 1.24 bits per heavy atom. The highest BCUT2D eigenvalue weighted by molar-refractivity contribution is 6.74. The van der Waals surface area contributed by atoms with E-state index in [2.05, 4.69) is 40.4 Å². The van der Waals surface area contributed by atoms with Crippen molar-refractivity contribution in [3.05, 3.63) is 12.2 Å². The van der Waals surface area contributed by atoms with E-state index in [4.69, 9.17) is 9.16 Å². The SMILES string of the molecule is C=C(C)C(=O)OC1(CCO[Si](C)(C)C(C)(C)C)CCCC1. The average Bonchev–Trinajstić information content (AvgIpc) is 2.75. The molecule has 21 heavy (non-hydrogen) atoms. The Balaban J connectivity index is 2.60. The van der Waals surface area contributed by atoms with E-state index in [9.17, 15) is 4.79 Å². The maximum atomic E-state index is 11.9. The van der Waals surface area contributed by atoms with Gasteiger partial charge >= 0.3 is 5.97 Å². The summed E-state index contributed by atoms with van der Waals surface area (Å²) in [6, 6.07) is 0. The van der Waals surface area contributed by atoms with Crippen LogP contribution in [-0.4, -0.2) is 26.5 Å². The molecule has 1 saturated carbocycles. The molecular formula is C17H32O3Si. The molecule has 0 N–H and O–H groups in total. The van der Waals surface area contributed by atoms with Crippen LogP contribution < -0.4 is 0 Å². The second-order valence-electron chi connectivity index (χ2n) is 7.92. The lowest BCUT2D eigenvalue weighted by molar-refractivity contribution is -0.155. The largest absolute Gasteiger partial charge is 0.456 e. The molecule has 122 valence electrons. The van der Waals surface area contributed by atoms with Gasteiger partial charge in [-0.3, -0.25) is 0 Å². The van der Waals surface area contributed by atoms with Crippen LogP contribution in [0.4, 0.5) is 0 Å². The number of hydrogen-bond acceptors (Lipinski definition) is 3. The van der Waals surface area contributed by atoms with Gasteiger partial charge in [0.25, 0.3) is 0 Å². The van der Waals surface area contributed by atoms with Crippen molar-refractivity contribution >= 4 is 14.3 Å². The molecule has 0 bridgehead atoms. The third kappa shape index (κ3) is 4.96. The molecule has 1 aliphatic rings. The maximum absolute atomic E-state index is 11.9. The maximum Gasteiger partial charge on any atom is 0.333 e. The zero-order valence-corrected chi connectivity index (χ0v) is 15.7. The highest BCUT2D eigenvalue weighted by Gasteiger charge is 2.40. The Hall–Kier alpha value is -0.613.